The van der Waals surface area contributed by atoms with Crippen molar-refractivity contribution in [1.29, 1.82) is 0 Å². The van der Waals surface area contributed by atoms with Gasteiger partial charge in [-0.2, -0.15) is 0 Å². The van der Waals surface area contributed by atoms with Gasteiger partial charge in [0.05, 0.1) is 10.3 Å². The zero-order chi connectivity index (χ0) is 7.68. The van der Waals surface area contributed by atoms with Crippen molar-refractivity contribution in [3.05, 3.63) is 29.8 Å². The predicted octanol–water partition coefficient (Wildman–Crippen LogP) is 3.06. The van der Waals surface area contributed by atoms with Gasteiger partial charge in [-0.1, -0.05) is 18.2 Å². The maximum Gasteiger partial charge on any atom is 0.0839 e. The Labute approximate surface area is 74.3 Å². The van der Waals surface area contributed by atoms with Crippen LogP contribution in [0.2, 0.25) is 0 Å². The van der Waals surface area contributed by atoms with E-state index in [9.17, 15) is 0 Å². The van der Waals surface area contributed by atoms with E-state index in [1.807, 2.05) is 6.07 Å². The molecular weight excluding hydrogens is 202 g/mol. The lowest BCUT2D eigenvalue weighted by atomic mass is 10.1. The molecule has 0 radical (unpaired) electrons. The molecule has 56 valence electrons. The van der Waals surface area contributed by atoms with Crippen LogP contribution in [-0.2, 0) is 6.42 Å². The van der Waals surface area contributed by atoms with E-state index in [0.29, 0.717) is 0 Å². The van der Waals surface area contributed by atoms with Crippen molar-refractivity contribution in [2.45, 2.75) is 12.8 Å². The standard InChI is InChI=1S/C9H8BrN/c10-9-6-5-7-3-1-2-4-8(7)11-9/h1-4H,5-6H2. The summed E-state index contributed by atoms with van der Waals surface area (Å²) in [5.41, 5.74) is 2.47. The Morgan fingerprint density at radius 3 is 2.91 bits per heavy atom. The fourth-order valence-corrected chi connectivity index (χ4v) is 1.65. The third-order valence-electron chi connectivity index (χ3n) is 1.83. The lowest BCUT2D eigenvalue weighted by Crippen LogP contribution is -1.97. The molecule has 11 heavy (non-hydrogen) atoms. The van der Waals surface area contributed by atoms with Gasteiger partial charge in [0, 0.05) is 6.42 Å². The van der Waals surface area contributed by atoms with Crippen LogP contribution in [0.1, 0.15) is 12.0 Å². The van der Waals surface area contributed by atoms with E-state index >= 15 is 0 Å². The number of aliphatic imine (C=N–C) groups is 1. The molecule has 2 heteroatoms. The SMILES string of the molecule is BrC1=Nc2ccccc2CC1. The summed E-state index contributed by atoms with van der Waals surface area (Å²) in [5, 5.41) is 0. The van der Waals surface area contributed by atoms with E-state index in [1.165, 1.54) is 5.56 Å². The minimum atomic E-state index is 1.04. The third-order valence-corrected chi connectivity index (χ3v) is 2.41. The fourth-order valence-electron chi connectivity index (χ4n) is 1.26. The zero-order valence-corrected chi connectivity index (χ0v) is 7.63. The first kappa shape index (κ1) is 7.04. The minimum Gasteiger partial charge on any atom is -0.246 e. The van der Waals surface area contributed by atoms with Crippen LogP contribution in [0.5, 0.6) is 0 Å². The van der Waals surface area contributed by atoms with Crippen molar-refractivity contribution in [3.63, 3.8) is 0 Å². The maximum atomic E-state index is 4.38. The van der Waals surface area contributed by atoms with Gasteiger partial charge in [-0.15, -0.1) is 0 Å². The van der Waals surface area contributed by atoms with Crippen LogP contribution in [0, 0.1) is 0 Å². The van der Waals surface area contributed by atoms with Crippen LogP contribution in [0.4, 0.5) is 5.69 Å². The Morgan fingerprint density at radius 1 is 1.18 bits per heavy atom. The van der Waals surface area contributed by atoms with Crippen LogP contribution in [0.25, 0.3) is 0 Å². The van der Waals surface area contributed by atoms with E-state index in [2.05, 4.69) is 39.1 Å². The number of para-hydroxylation sites is 1. The molecule has 1 aliphatic heterocycles. The molecule has 1 aromatic rings. The monoisotopic (exact) mass is 209 g/mol. The van der Waals surface area contributed by atoms with Gasteiger partial charge in [-0.3, -0.25) is 0 Å². The van der Waals surface area contributed by atoms with Gasteiger partial charge in [0.1, 0.15) is 0 Å². The molecule has 0 saturated heterocycles. The van der Waals surface area contributed by atoms with Crippen LogP contribution in [0.15, 0.2) is 29.3 Å². The lowest BCUT2D eigenvalue weighted by Gasteiger charge is -2.10. The highest BCUT2D eigenvalue weighted by Gasteiger charge is 2.07. The largest absolute Gasteiger partial charge is 0.246 e. The zero-order valence-electron chi connectivity index (χ0n) is 6.05. The van der Waals surface area contributed by atoms with E-state index < -0.39 is 0 Å². The van der Waals surface area contributed by atoms with Crippen LogP contribution in [0.3, 0.4) is 0 Å². The quantitative estimate of drug-likeness (QED) is 0.623. The fraction of sp³-hybridized carbons (Fsp3) is 0.222. The minimum absolute atomic E-state index is 1.04. The number of fused-ring (bicyclic) bond motifs is 1. The Hall–Kier alpha value is -0.630. The summed E-state index contributed by atoms with van der Waals surface area (Å²) in [5.74, 6) is 0. The van der Waals surface area contributed by atoms with Crippen molar-refractivity contribution in [1.82, 2.24) is 0 Å². The number of benzene rings is 1. The van der Waals surface area contributed by atoms with Crippen LogP contribution < -0.4 is 0 Å². The Kier molecular flexibility index (Phi) is 1.78. The van der Waals surface area contributed by atoms with Crippen molar-refractivity contribution in [2.75, 3.05) is 0 Å². The van der Waals surface area contributed by atoms with E-state index in [-0.39, 0.29) is 0 Å². The van der Waals surface area contributed by atoms with E-state index in [1.54, 1.807) is 0 Å². The molecule has 2 rings (SSSR count). The molecule has 0 atom stereocenters. The van der Waals surface area contributed by atoms with Gasteiger partial charge in [0.15, 0.2) is 0 Å². The number of hydrogen-bond donors (Lipinski definition) is 0. The second kappa shape index (κ2) is 2.78. The average molecular weight is 210 g/mol. The summed E-state index contributed by atoms with van der Waals surface area (Å²) < 4.78 is 1.07. The average Bonchev–Trinajstić information content (AvgIpc) is 2.04. The molecule has 1 heterocycles. The topological polar surface area (TPSA) is 12.4 Å². The molecule has 1 nitrogen and oxygen atoms in total. The van der Waals surface area contributed by atoms with E-state index in [4.69, 9.17) is 0 Å². The molecule has 0 N–H and O–H groups in total. The highest BCUT2D eigenvalue weighted by molar-refractivity contribution is 9.18. The summed E-state index contributed by atoms with van der Waals surface area (Å²) >= 11 is 3.41. The lowest BCUT2D eigenvalue weighted by molar-refractivity contribution is 1.02. The Balaban J connectivity index is 2.51. The number of hydrogen-bond acceptors (Lipinski definition) is 1. The molecule has 1 aromatic carbocycles. The van der Waals surface area contributed by atoms with Crippen molar-refractivity contribution >= 4 is 26.2 Å². The number of nitrogens with zero attached hydrogens (tertiary/aromatic N) is 1. The van der Waals surface area contributed by atoms with Crippen LogP contribution >= 0.6 is 15.9 Å². The van der Waals surface area contributed by atoms with Gasteiger partial charge in [0.2, 0.25) is 0 Å². The van der Waals surface area contributed by atoms with Crippen molar-refractivity contribution < 1.29 is 0 Å². The van der Waals surface area contributed by atoms with E-state index in [0.717, 1.165) is 23.1 Å². The van der Waals surface area contributed by atoms with Gasteiger partial charge >= 0.3 is 0 Å². The van der Waals surface area contributed by atoms with Crippen molar-refractivity contribution in [2.24, 2.45) is 4.99 Å². The highest BCUT2D eigenvalue weighted by Crippen LogP contribution is 2.26. The Morgan fingerprint density at radius 2 is 2.00 bits per heavy atom. The summed E-state index contributed by atoms with van der Waals surface area (Å²) in [6.45, 7) is 0. The normalized spacial score (nSPS) is 15.5. The molecule has 0 spiro atoms. The molecular formula is C9H8BrN. The first-order chi connectivity index (χ1) is 5.36. The predicted molar refractivity (Wildman–Crippen MR) is 50.8 cm³/mol. The highest BCUT2D eigenvalue weighted by atomic mass is 79.9. The van der Waals surface area contributed by atoms with Crippen LogP contribution in [-0.4, -0.2) is 4.62 Å². The Bertz CT molecular complexity index is 304. The van der Waals surface area contributed by atoms with Gasteiger partial charge in [0.25, 0.3) is 0 Å². The summed E-state index contributed by atoms with van der Waals surface area (Å²) in [7, 11) is 0. The smallest absolute Gasteiger partial charge is 0.0839 e. The summed E-state index contributed by atoms with van der Waals surface area (Å²) in [6, 6.07) is 8.27. The molecule has 0 amide bonds. The first-order valence-electron chi connectivity index (χ1n) is 3.67. The maximum absolute atomic E-state index is 4.38. The molecule has 0 aliphatic carbocycles. The van der Waals surface area contributed by atoms with Gasteiger partial charge in [-0.25, -0.2) is 4.99 Å². The molecule has 0 saturated carbocycles. The molecule has 0 aromatic heterocycles. The summed E-state index contributed by atoms with van der Waals surface area (Å²) in [6.07, 6.45) is 2.15. The second-order valence-corrected chi connectivity index (χ2v) is 3.53. The number of aryl methyl sites for hydroxylation is 1. The molecule has 1 aliphatic rings. The second-order valence-electron chi connectivity index (χ2n) is 2.62. The first-order valence-corrected chi connectivity index (χ1v) is 4.46. The van der Waals surface area contributed by atoms with Gasteiger partial charge in [-0.05, 0) is 34.0 Å². The summed E-state index contributed by atoms with van der Waals surface area (Å²) in [4.78, 5) is 4.38. The van der Waals surface area contributed by atoms with Gasteiger partial charge < -0.3 is 0 Å². The third kappa shape index (κ3) is 1.36. The molecule has 0 fully saturated rings. The molecule has 0 unspecified atom stereocenters. The molecule has 0 bridgehead atoms. The number of rotatable bonds is 0. The van der Waals surface area contributed by atoms with Crippen molar-refractivity contribution in [3.8, 4) is 0 Å². The number of halogens is 1.